The molecule has 0 bridgehead atoms. The van der Waals surface area contributed by atoms with Crippen LogP contribution in [0.25, 0.3) is 0 Å². The summed E-state index contributed by atoms with van der Waals surface area (Å²) < 4.78 is 10.7. The van der Waals surface area contributed by atoms with Crippen molar-refractivity contribution >= 4 is 23.6 Å². The van der Waals surface area contributed by atoms with Gasteiger partial charge in [-0.25, -0.2) is 4.79 Å². The van der Waals surface area contributed by atoms with E-state index in [2.05, 4.69) is 17.6 Å². The minimum atomic E-state index is -0.897. The summed E-state index contributed by atoms with van der Waals surface area (Å²) >= 11 is 0. The van der Waals surface area contributed by atoms with Crippen LogP contribution in [0.15, 0.2) is 54.6 Å². The van der Waals surface area contributed by atoms with Crippen LogP contribution < -0.4 is 15.4 Å². The van der Waals surface area contributed by atoms with Gasteiger partial charge in [0.1, 0.15) is 23.4 Å². The van der Waals surface area contributed by atoms with Gasteiger partial charge in [0.25, 0.3) is 5.91 Å². The van der Waals surface area contributed by atoms with E-state index in [1.807, 2.05) is 44.2 Å². The summed E-state index contributed by atoms with van der Waals surface area (Å²) in [6, 6.07) is 14.7. The number of rotatable bonds is 16. The molecule has 2 N–H and O–H groups in total. The molecular formula is C34H51N3O5. The van der Waals surface area contributed by atoms with E-state index < -0.39 is 23.8 Å². The van der Waals surface area contributed by atoms with Gasteiger partial charge in [-0.3, -0.25) is 9.59 Å². The number of unbranched alkanes of at least 4 members (excludes halogenated alkanes) is 5. The second-order valence-electron chi connectivity index (χ2n) is 12.2. The second kappa shape index (κ2) is 17.4. The van der Waals surface area contributed by atoms with Gasteiger partial charge in [-0.15, -0.1) is 0 Å². The van der Waals surface area contributed by atoms with Gasteiger partial charge in [-0.2, -0.15) is 0 Å². The monoisotopic (exact) mass is 581 g/mol. The standard InChI is InChI=1S/C34H51N3O5/c1-8-9-10-11-12-16-23-37(32(39)29(24-25(2)3)36-33(40)42-34(4,5)6)30(26-17-14-13-15-18-26)31(38)35-27-19-21-28(41-7)22-20-27/h13-15,17-22,25,29-30H,8-12,16,23-24H2,1-7H3,(H,35,38)(H,36,40). The Kier molecular flexibility index (Phi) is 14.4. The third-order valence-corrected chi connectivity index (χ3v) is 6.76. The van der Waals surface area contributed by atoms with Gasteiger partial charge in [-0.1, -0.05) is 83.2 Å². The molecule has 0 heterocycles. The van der Waals surface area contributed by atoms with E-state index in [-0.39, 0.29) is 17.7 Å². The summed E-state index contributed by atoms with van der Waals surface area (Å²) in [5, 5.41) is 5.81. The summed E-state index contributed by atoms with van der Waals surface area (Å²) in [6.07, 6.45) is 5.98. The largest absolute Gasteiger partial charge is 0.497 e. The summed E-state index contributed by atoms with van der Waals surface area (Å²) in [5.74, 6) is 0.165. The summed E-state index contributed by atoms with van der Waals surface area (Å²) in [4.78, 5) is 42.8. The van der Waals surface area contributed by atoms with Crippen molar-refractivity contribution in [3.05, 3.63) is 60.2 Å². The average molecular weight is 582 g/mol. The lowest BCUT2D eigenvalue weighted by Crippen LogP contribution is -2.53. The van der Waals surface area contributed by atoms with Crippen molar-refractivity contribution < 1.29 is 23.9 Å². The number of benzene rings is 2. The van der Waals surface area contributed by atoms with Crippen molar-refractivity contribution in [2.45, 2.75) is 104 Å². The Morgan fingerprint density at radius 2 is 1.50 bits per heavy atom. The third kappa shape index (κ3) is 12.1. The first-order chi connectivity index (χ1) is 19.9. The zero-order valence-electron chi connectivity index (χ0n) is 26.6. The molecule has 0 radical (unpaired) electrons. The van der Waals surface area contributed by atoms with E-state index in [1.165, 1.54) is 6.42 Å². The van der Waals surface area contributed by atoms with Gasteiger partial charge in [0, 0.05) is 12.2 Å². The van der Waals surface area contributed by atoms with Gasteiger partial charge < -0.3 is 25.0 Å². The van der Waals surface area contributed by atoms with Crippen molar-refractivity contribution in [2.24, 2.45) is 5.92 Å². The SMILES string of the molecule is CCCCCCCCN(C(=O)C(CC(C)C)NC(=O)OC(C)(C)C)C(C(=O)Nc1ccc(OC)cc1)c1ccccc1. The number of nitrogens with zero attached hydrogens (tertiary/aromatic N) is 1. The molecule has 0 saturated heterocycles. The number of hydrogen-bond donors (Lipinski definition) is 2. The van der Waals surface area contributed by atoms with Crippen LogP contribution in [-0.4, -0.2) is 48.1 Å². The van der Waals surface area contributed by atoms with Crippen LogP contribution in [0.3, 0.4) is 0 Å². The fourth-order valence-electron chi connectivity index (χ4n) is 4.77. The lowest BCUT2D eigenvalue weighted by molar-refractivity contribution is -0.141. The van der Waals surface area contributed by atoms with Crippen molar-refractivity contribution in [2.75, 3.05) is 19.0 Å². The van der Waals surface area contributed by atoms with E-state index in [0.717, 1.165) is 32.1 Å². The molecule has 2 unspecified atom stereocenters. The van der Waals surface area contributed by atoms with E-state index in [1.54, 1.807) is 57.0 Å². The normalized spacial score (nSPS) is 12.8. The highest BCUT2D eigenvalue weighted by atomic mass is 16.6. The quantitative estimate of drug-likeness (QED) is 0.200. The molecule has 0 aromatic heterocycles. The molecule has 3 amide bonds. The third-order valence-electron chi connectivity index (χ3n) is 6.76. The Hall–Kier alpha value is -3.55. The minimum absolute atomic E-state index is 0.119. The van der Waals surface area contributed by atoms with E-state index >= 15 is 0 Å². The zero-order valence-corrected chi connectivity index (χ0v) is 26.6. The van der Waals surface area contributed by atoms with Crippen molar-refractivity contribution in [1.82, 2.24) is 10.2 Å². The molecule has 0 aliphatic carbocycles. The Labute approximate surface area is 252 Å². The molecular weight excluding hydrogens is 530 g/mol. The van der Waals surface area contributed by atoms with Gasteiger partial charge in [-0.05, 0) is 69.4 Å². The van der Waals surface area contributed by atoms with Crippen LogP contribution in [0, 0.1) is 5.92 Å². The Bertz CT molecular complexity index is 1100. The molecule has 0 aliphatic heterocycles. The maximum Gasteiger partial charge on any atom is 0.408 e. The Balaban J connectivity index is 2.45. The average Bonchev–Trinajstić information content (AvgIpc) is 2.93. The summed E-state index contributed by atoms with van der Waals surface area (Å²) in [7, 11) is 1.59. The molecule has 0 spiro atoms. The van der Waals surface area contributed by atoms with Gasteiger partial charge in [0.15, 0.2) is 0 Å². The first-order valence-corrected chi connectivity index (χ1v) is 15.2. The molecule has 2 aromatic carbocycles. The van der Waals surface area contributed by atoms with Crippen LogP contribution in [-0.2, 0) is 14.3 Å². The second-order valence-corrected chi connectivity index (χ2v) is 12.2. The maximum absolute atomic E-state index is 14.4. The number of amides is 3. The predicted octanol–water partition coefficient (Wildman–Crippen LogP) is 7.50. The topological polar surface area (TPSA) is 97.0 Å². The summed E-state index contributed by atoms with van der Waals surface area (Å²) in [5.41, 5.74) is 0.584. The lowest BCUT2D eigenvalue weighted by Gasteiger charge is -2.35. The van der Waals surface area contributed by atoms with Gasteiger partial charge in [0.2, 0.25) is 5.91 Å². The molecule has 0 fully saturated rings. The molecule has 8 nitrogen and oxygen atoms in total. The molecule has 2 rings (SSSR count). The maximum atomic E-state index is 14.4. The van der Waals surface area contributed by atoms with Crippen LogP contribution >= 0.6 is 0 Å². The number of carbonyl (C=O) groups is 3. The number of ether oxygens (including phenoxy) is 2. The molecule has 232 valence electrons. The molecule has 8 heteroatoms. The van der Waals surface area contributed by atoms with Gasteiger partial charge >= 0.3 is 6.09 Å². The van der Waals surface area contributed by atoms with E-state index in [9.17, 15) is 14.4 Å². The molecule has 0 aliphatic rings. The molecule has 2 aromatic rings. The number of nitrogens with one attached hydrogen (secondary N) is 2. The number of alkyl carbamates (subject to hydrolysis) is 1. The van der Waals surface area contributed by atoms with Crippen molar-refractivity contribution in [1.29, 1.82) is 0 Å². The lowest BCUT2D eigenvalue weighted by atomic mass is 9.98. The van der Waals surface area contributed by atoms with Crippen molar-refractivity contribution in [3.8, 4) is 5.75 Å². The zero-order chi connectivity index (χ0) is 31.1. The van der Waals surface area contributed by atoms with E-state index in [4.69, 9.17) is 9.47 Å². The molecule has 0 saturated carbocycles. The minimum Gasteiger partial charge on any atom is -0.497 e. The van der Waals surface area contributed by atoms with E-state index in [0.29, 0.717) is 30.0 Å². The highest BCUT2D eigenvalue weighted by Crippen LogP contribution is 2.27. The first kappa shape index (κ1) is 34.7. The van der Waals surface area contributed by atoms with Crippen LogP contribution in [0.4, 0.5) is 10.5 Å². The molecule has 42 heavy (non-hydrogen) atoms. The summed E-state index contributed by atoms with van der Waals surface area (Å²) in [6.45, 7) is 11.9. The van der Waals surface area contributed by atoms with Crippen LogP contribution in [0.2, 0.25) is 0 Å². The number of hydrogen-bond acceptors (Lipinski definition) is 5. The number of anilines is 1. The molecule has 2 atom stereocenters. The predicted molar refractivity (Wildman–Crippen MR) is 169 cm³/mol. The first-order valence-electron chi connectivity index (χ1n) is 15.2. The highest BCUT2D eigenvalue weighted by Gasteiger charge is 2.36. The Morgan fingerprint density at radius 3 is 2.07 bits per heavy atom. The van der Waals surface area contributed by atoms with Crippen LogP contribution in [0.5, 0.6) is 5.75 Å². The Morgan fingerprint density at radius 1 is 0.881 bits per heavy atom. The fourth-order valence-corrected chi connectivity index (χ4v) is 4.77. The number of methoxy groups -OCH3 is 1. The van der Waals surface area contributed by atoms with Crippen molar-refractivity contribution in [3.63, 3.8) is 0 Å². The number of carbonyl (C=O) groups excluding carboxylic acids is 3. The highest BCUT2D eigenvalue weighted by molar-refractivity contribution is 5.99. The van der Waals surface area contributed by atoms with Gasteiger partial charge in [0.05, 0.1) is 7.11 Å². The van der Waals surface area contributed by atoms with Crippen LogP contribution in [0.1, 0.15) is 98.1 Å². The smallest absolute Gasteiger partial charge is 0.408 e. The fraction of sp³-hybridized carbons (Fsp3) is 0.559.